The molecule has 0 N–H and O–H groups in total. The van der Waals surface area contributed by atoms with Crippen LogP contribution in [0.1, 0.15) is 18.4 Å². The first-order valence-corrected chi connectivity index (χ1v) is 20.6. The maximum absolute atomic E-state index is 2.42. The summed E-state index contributed by atoms with van der Waals surface area (Å²) in [5.41, 5.74) is 14.5. The minimum absolute atomic E-state index is 0.327. The summed E-state index contributed by atoms with van der Waals surface area (Å²) in [4.78, 5) is 2.42. The molecule has 0 spiro atoms. The summed E-state index contributed by atoms with van der Waals surface area (Å²) in [5.74, 6) is 0.754. The Morgan fingerprint density at radius 3 is 1.63 bits per heavy atom. The van der Waals surface area contributed by atoms with E-state index >= 15 is 0 Å². The monoisotopic (exact) mass is 747 g/mol. The van der Waals surface area contributed by atoms with E-state index in [1.165, 1.54) is 70.2 Å². The zero-order valence-electron chi connectivity index (χ0n) is 31.8. The Morgan fingerprint density at radius 1 is 0.421 bits per heavy atom. The highest BCUT2D eigenvalue weighted by Crippen LogP contribution is 2.46. The van der Waals surface area contributed by atoms with Gasteiger partial charge in [0.25, 0.3) is 0 Å². The van der Waals surface area contributed by atoms with Gasteiger partial charge in [-0.05, 0) is 87.3 Å². The molecule has 2 unspecified atom stereocenters. The number of para-hydroxylation sites is 1. The maximum atomic E-state index is 2.42. The van der Waals surface area contributed by atoms with Crippen molar-refractivity contribution in [2.75, 3.05) is 4.90 Å². The van der Waals surface area contributed by atoms with Crippen molar-refractivity contribution < 1.29 is 0 Å². The van der Waals surface area contributed by atoms with Crippen molar-refractivity contribution in [2.24, 2.45) is 5.92 Å². The molecule has 1 aromatic heterocycles. The Hall–Kier alpha value is -6.74. The normalized spacial score (nSPS) is 15.0. The molecule has 0 amide bonds. The minimum Gasteiger partial charge on any atom is -0.310 e. The van der Waals surface area contributed by atoms with Crippen LogP contribution in [0, 0.1) is 5.92 Å². The van der Waals surface area contributed by atoms with Crippen molar-refractivity contribution in [2.45, 2.75) is 12.8 Å². The lowest BCUT2D eigenvalue weighted by molar-refractivity contribution is 0.635. The molecule has 10 rings (SSSR count). The van der Waals surface area contributed by atoms with Crippen molar-refractivity contribution in [3.05, 3.63) is 224 Å². The molecule has 0 radical (unpaired) electrons. The van der Waals surface area contributed by atoms with Crippen LogP contribution in [0.15, 0.2) is 218 Å². The number of hydrogen-bond donors (Lipinski definition) is 0. The Bertz CT molecular complexity index is 2900. The van der Waals surface area contributed by atoms with E-state index in [1.807, 2.05) is 11.3 Å². The third kappa shape index (κ3) is 6.69. The van der Waals surface area contributed by atoms with Crippen molar-refractivity contribution in [1.29, 1.82) is 0 Å². The molecular formula is C55H41NS. The van der Waals surface area contributed by atoms with Crippen molar-refractivity contribution in [3.63, 3.8) is 0 Å². The highest BCUT2D eigenvalue weighted by Gasteiger charge is 2.21. The fourth-order valence-electron chi connectivity index (χ4n) is 8.46. The standard InChI is InChI=1S/C55H41NS/c1-38-15-8-9-20-48(38)45-36-43(40-18-6-3-7-19-40)35-44(37-45)42-29-33-47(34-30-42)56(46-31-27-41(28-32-46)39-16-4-2-5-17-39)53-25-12-10-21-49(53)51-23-14-24-52-50-22-11-13-26-54(50)57-55(51)52/h2-38,48H,1H3. The highest BCUT2D eigenvalue weighted by molar-refractivity contribution is 7.26. The molecule has 272 valence electrons. The van der Waals surface area contributed by atoms with Gasteiger partial charge in [-0.25, -0.2) is 0 Å². The Morgan fingerprint density at radius 2 is 0.947 bits per heavy atom. The second kappa shape index (κ2) is 15.1. The molecule has 2 atom stereocenters. The Kier molecular flexibility index (Phi) is 9.18. The quantitative estimate of drug-likeness (QED) is 0.150. The van der Waals surface area contributed by atoms with Crippen LogP contribution < -0.4 is 4.90 Å². The van der Waals surface area contributed by atoms with E-state index in [2.05, 4.69) is 230 Å². The Balaban J connectivity index is 1.11. The zero-order chi connectivity index (χ0) is 38.1. The lowest BCUT2D eigenvalue weighted by Gasteiger charge is -2.28. The molecule has 0 aliphatic heterocycles. The lowest BCUT2D eigenvalue weighted by atomic mass is 9.82. The van der Waals surface area contributed by atoms with Crippen LogP contribution in [0.4, 0.5) is 17.1 Å². The van der Waals surface area contributed by atoms with Crippen LogP contribution in [0.2, 0.25) is 0 Å². The average Bonchev–Trinajstić information content (AvgIpc) is 3.67. The van der Waals surface area contributed by atoms with Gasteiger partial charge in [-0.2, -0.15) is 0 Å². The number of nitrogens with zero attached hydrogens (tertiary/aromatic N) is 1. The average molecular weight is 748 g/mol. The molecule has 1 heterocycles. The lowest BCUT2D eigenvalue weighted by Crippen LogP contribution is -2.11. The second-order valence-electron chi connectivity index (χ2n) is 15.0. The predicted molar refractivity (Wildman–Crippen MR) is 246 cm³/mol. The van der Waals surface area contributed by atoms with Gasteiger partial charge < -0.3 is 4.90 Å². The van der Waals surface area contributed by atoms with Crippen LogP contribution in [-0.2, 0) is 0 Å². The topological polar surface area (TPSA) is 3.24 Å². The number of rotatable bonds is 8. The third-order valence-electron chi connectivity index (χ3n) is 11.4. The molecule has 1 aliphatic carbocycles. The molecule has 9 aromatic rings. The summed E-state index contributed by atoms with van der Waals surface area (Å²) >= 11 is 1.88. The molecular weight excluding hydrogens is 707 g/mol. The van der Waals surface area contributed by atoms with E-state index in [4.69, 9.17) is 0 Å². The highest BCUT2D eigenvalue weighted by atomic mass is 32.1. The molecule has 1 nitrogen and oxygen atoms in total. The fourth-order valence-corrected chi connectivity index (χ4v) is 9.69. The van der Waals surface area contributed by atoms with E-state index in [0.717, 1.165) is 17.1 Å². The minimum atomic E-state index is 0.327. The first-order chi connectivity index (χ1) is 28.2. The van der Waals surface area contributed by atoms with Crippen LogP contribution in [-0.4, -0.2) is 0 Å². The van der Waals surface area contributed by atoms with Gasteiger partial charge in [0.15, 0.2) is 0 Å². The van der Waals surface area contributed by atoms with E-state index in [1.54, 1.807) is 0 Å². The van der Waals surface area contributed by atoms with Crippen molar-refractivity contribution in [3.8, 4) is 44.5 Å². The predicted octanol–water partition coefficient (Wildman–Crippen LogP) is 16.0. The summed E-state index contributed by atoms with van der Waals surface area (Å²) in [7, 11) is 0. The van der Waals surface area contributed by atoms with Gasteiger partial charge in [-0.3, -0.25) is 0 Å². The first kappa shape index (κ1) is 34.7. The van der Waals surface area contributed by atoms with E-state index in [9.17, 15) is 0 Å². The van der Waals surface area contributed by atoms with E-state index in [-0.39, 0.29) is 0 Å². The number of thiophene rings is 1. The van der Waals surface area contributed by atoms with Crippen molar-refractivity contribution >= 4 is 48.6 Å². The molecule has 57 heavy (non-hydrogen) atoms. The summed E-state index contributed by atoms with van der Waals surface area (Å²) in [6.45, 7) is 2.31. The molecule has 1 aliphatic rings. The van der Waals surface area contributed by atoms with Gasteiger partial charge in [0.2, 0.25) is 0 Å². The van der Waals surface area contributed by atoms with Gasteiger partial charge in [0.05, 0.1) is 5.69 Å². The second-order valence-corrected chi connectivity index (χ2v) is 16.0. The first-order valence-electron chi connectivity index (χ1n) is 19.8. The number of fused-ring (bicyclic) bond motifs is 3. The van der Waals surface area contributed by atoms with Crippen molar-refractivity contribution in [1.82, 2.24) is 0 Å². The number of allylic oxidation sites excluding steroid dienone is 4. The number of anilines is 3. The van der Waals surface area contributed by atoms with E-state index < -0.39 is 0 Å². The Labute approximate surface area is 339 Å². The van der Waals surface area contributed by atoms with Gasteiger partial charge in [-0.1, -0.05) is 183 Å². The summed E-state index contributed by atoms with van der Waals surface area (Å²) in [6.07, 6.45) is 9.02. The SMILES string of the molecule is CC1C=CC=CC1c1cc(-c2ccccc2)cc(-c2ccc(N(c3ccc(-c4ccccc4)cc3)c3ccccc3-c3cccc4c3sc3ccccc34)cc2)c1. The summed E-state index contributed by atoms with van der Waals surface area (Å²) in [5, 5.41) is 2.61. The van der Waals surface area contributed by atoms with Gasteiger partial charge in [-0.15, -0.1) is 11.3 Å². The van der Waals surface area contributed by atoms with Crippen LogP contribution in [0.25, 0.3) is 64.7 Å². The molecule has 0 fully saturated rings. The third-order valence-corrected chi connectivity index (χ3v) is 12.6. The number of benzene rings is 8. The van der Waals surface area contributed by atoms with E-state index in [0.29, 0.717) is 11.8 Å². The smallest absolute Gasteiger partial charge is 0.0540 e. The summed E-state index contributed by atoms with van der Waals surface area (Å²) in [6, 6.07) is 71.1. The van der Waals surface area contributed by atoms with Gasteiger partial charge >= 0.3 is 0 Å². The summed E-state index contributed by atoms with van der Waals surface area (Å²) < 4.78 is 2.62. The molecule has 2 heteroatoms. The molecule has 0 saturated heterocycles. The van der Waals surface area contributed by atoms with Gasteiger partial charge in [0.1, 0.15) is 0 Å². The molecule has 0 bridgehead atoms. The largest absolute Gasteiger partial charge is 0.310 e. The maximum Gasteiger partial charge on any atom is 0.0540 e. The van der Waals surface area contributed by atoms with Crippen LogP contribution >= 0.6 is 11.3 Å². The molecule has 8 aromatic carbocycles. The van der Waals surface area contributed by atoms with Crippen LogP contribution in [0.3, 0.4) is 0 Å². The molecule has 0 saturated carbocycles. The zero-order valence-corrected chi connectivity index (χ0v) is 32.6. The van der Waals surface area contributed by atoms with Gasteiger partial charge in [0, 0.05) is 48.6 Å². The fraction of sp³-hybridized carbons (Fsp3) is 0.0545. The number of hydrogen-bond acceptors (Lipinski definition) is 2. The van der Waals surface area contributed by atoms with Crippen LogP contribution in [0.5, 0.6) is 0 Å².